The summed E-state index contributed by atoms with van der Waals surface area (Å²) in [6.07, 6.45) is 0.736. The summed E-state index contributed by atoms with van der Waals surface area (Å²) in [5, 5.41) is 9.97. The summed E-state index contributed by atoms with van der Waals surface area (Å²) >= 11 is 0. The second kappa shape index (κ2) is 6.39. The lowest BCUT2D eigenvalue weighted by Crippen LogP contribution is -2.49. The van der Waals surface area contributed by atoms with E-state index in [2.05, 4.69) is 4.90 Å². The number of carbonyl (C=O) groups is 1. The van der Waals surface area contributed by atoms with Gasteiger partial charge >= 0.3 is 0 Å². The summed E-state index contributed by atoms with van der Waals surface area (Å²) < 4.78 is 13.9. The maximum absolute atomic E-state index is 13.9. The Labute approximate surface area is 146 Å². The summed E-state index contributed by atoms with van der Waals surface area (Å²) in [5.74, 6) is 0.111. The minimum absolute atomic E-state index is 0.0184. The van der Waals surface area contributed by atoms with Crippen LogP contribution in [0, 0.1) is 11.7 Å². The summed E-state index contributed by atoms with van der Waals surface area (Å²) in [6, 6.07) is 14.0. The molecule has 2 unspecified atom stereocenters. The number of hydrogen-bond donors (Lipinski definition) is 1. The van der Waals surface area contributed by atoms with Gasteiger partial charge in [0.05, 0.1) is 5.69 Å². The van der Waals surface area contributed by atoms with Gasteiger partial charge in [0.1, 0.15) is 11.6 Å². The number of amides is 1. The number of phenols is 1. The van der Waals surface area contributed by atoms with Crippen molar-refractivity contribution in [2.75, 3.05) is 31.1 Å². The van der Waals surface area contributed by atoms with Gasteiger partial charge < -0.3 is 14.9 Å². The van der Waals surface area contributed by atoms with E-state index in [9.17, 15) is 14.3 Å². The number of aromatic hydroxyl groups is 1. The quantitative estimate of drug-likeness (QED) is 0.934. The van der Waals surface area contributed by atoms with Crippen LogP contribution >= 0.6 is 0 Å². The first kappa shape index (κ1) is 15.9. The van der Waals surface area contributed by atoms with Crippen LogP contribution in [0.2, 0.25) is 0 Å². The molecule has 130 valence electrons. The van der Waals surface area contributed by atoms with Crippen molar-refractivity contribution in [3.8, 4) is 5.75 Å². The fourth-order valence-corrected chi connectivity index (χ4v) is 3.72. The SMILES string of the molecule is O=C(C1CC1c1ccccc1F)N1CCN(c2ccccc2O)CC1. The molecule has 0 spiro atoms. The molecule has 2 atom stereocenters. The Morgan fingerprint density at radius 1 is 1.00 bits per heavy atom. The van der Waals surface area contributed by atoms with Crippen molar-refractivity contribution in [3.63, 3.8) is 0 Å². The van der Waals surface area contributed by atoms with Gasteiger partial charge in [-0.05, 0) is 36.1 Å². The zero-order valence-corrected chi connectivity index (χ0v) is 13.9. The van der Waals surface area contributed by atoms with Crippen LogP contribution in [0.4, 0.5) is 10.1 Å². The van der Waals surface area contributed by atoms with Crippen molar-refractivity contribution < 1.29 is 14.3 Å². The second-order valence-corrected chi connectivity index (χ2v) is 6.77. The first-order valence-electron chi connectivity index (χ1n) is 8.71. The smallest absolute Gasteiger partial charge is 0.226 e. The number of piperazine rings is 1. The molecule has 0 radical (unpaired) electrons. The molecule has 5 heteroatoms. The van der Waals surface area contributed by atoms with Crippen LogP contribution in [0.15, 0.2) is 48.5 Å². The highest BCUT2D eigenvalue weighted by Gasteiger charge is 2.47. The molecular formula is C20H21FN2O2. The second-order valence-electron chi connectivity index (χ2n) is 6.77. The lowest BCUT2D eigenvalue weighted by molar-refractivity contribution is -0.132. The Morgan fingerprint density at radius 3 is 2.40 bits per heavy atom. The highest BCUT2D eigenvalue weighted by atomic mass is 19.1. The Morgan fingerprint density at radius 2 is 1.68 bits per heavy atom. The monoisotopic (exact) mass is 340 g/mol. The van der Waals surface area contributed by atoms with Gasteiger partial charge in [0, 0.05) is 32.1 Å². The van der Waals surface area contributed by atoms with Crippen molar-refractivity contribution in [2.45, 2.75) is 12.3 Å². The molecule has 4 nitrogen and oxygen atoms in total. The number of hydrogen-bond acceptors (Lipinski definition) is 3. The number of benzene rings is 2. The predicted octanol–water partition coefficient (Wildman–Crippen LogP) is 2.98. The Bertz CT molecular complexity index is 787. The topological polar surface area (TPSA) is 43.8 Å². The zero-order chi connectivity index (χ0) is 17.4. The molecule has 1 heterocycles. The van der Waals surface area contributed by atoms with Crippen LogP contribution in [0.5, 0.6) is 5.75 Å². The first-order chi connectivity index (χ1) is 12.1. The lowest BCUT2D eigenvalue weighted by Gasteiger charge is -2.36. The van der Waals surface area contributed by atoms with Crippen LogP contribution in [-0.4, -0.2) is 42.1 Å². The third kappa shape index (κ3) is 3.06. The average molecular weight is 340 g/mol. The van der Waals surface area contributed by atoms with Crippen molar-refractivity contribution in [1.29, 1.82) is 0 Å². The van der Waals surface area contributed by atoms with Crippen molar-refractivity contribution in [1.82, 2.24) is 4.90 Å². The molecule has 0 bridgehead atoms. The van der Waals surface area contributed by atoms with Crippen molar-refractivity contribution in [2.24, 2.45) is 5.92 Å². The maximum Gasteiger partial charge on any atom is 0.226 e. The van der Waals surface area contributed by atoms with Crippen LogP contribution in [0.1, 0.15) is 17.9 Å². The molecule has 1 N–H and O–H groups in total. The molecule has 1 saturated carbocycles. The van der Waals surface area contributed by atoms with E-state index in [1.54, 1.807) is 24.3 Å². The van der Waals surface area contributed by atoms with E-state index in [0.717, 1.165) is 12.1 Å². The van der Waals surface area contributed by atoms with E-state index < -0.39 is 0 Å². The van der Waals surface area contributed by atoms with E-state index in [4.69, 9.17) is 0 Å². The fraction of sp³-hybridized carbons (Fsp3) is 0.350. The minimum atomic E-state index is -0.216. The van der Waals surface area contributed by atoms with E-state index in [-0.39, 0.29) is 29.3 Å². The normalized spacial score (nSPS) is 22.8. The van der Waals surface area contributed by atoms with Crippen molar-refractivity contribution in [3.05, 3.63) is 59.9 Å². The lowest BCUT2D eigenvalue weighted by atomic mass is 10.1. The summed E-state index contributed by atoms with van der Waals surface area (Å²) in [5.41, 5.74) is 1.47. The van der Waals surface area contributed by atoms with E-state index >= 15 is 0 Å². The summed E-state index contributed by atoms with van der Waals surface area (Å²) in [4.78, 5) is 16.7. The van der Waals surface area contributed by atoms with Crippen LogP contribution in [-0.2, 0) is 4.79 Å². The van der Waals surface area contributed by atoms with E-state index in [1.165, 1.54) is 6.07 Å². The number of para-hydroxylation sites is 2. The summed E-state index contributed by atoms with van der Waals surface area (Å²) in [6.45, 7) is 2.65. The van der Waals surface area contributed by atoms with E-state index in [1.807, 2.05) is 23.1 Å². The van der Waals surface area contributed by atoms with Gasteiger partial charge in [0.25, 0.3) is 0 Å². The Kier molecular flexibility index (Phi) is 4.07. The Balaban J connectivity index is 1.37. The Hall–Kier alpha value is -2.56. The van der Waals surface area contributed by atoms with Gasteiger partial charge in [-0.1, -0.05) is 30.3 Å². The van der Waals surface area contributed by atoms with Gasteiger partial charge in [0.15, 0.2) is 0 Å². The fourth-order valence-electron chi connectivity index (χ4n) is 3.72. The van der Waals surface area contributed by atoms with Crippen molar-refractivity contribution >= 4 is 11.6 Å². The highest BCUT2D eigenvalue weighted by Crippen LogP contribution is 2.49. The van der Waals surface area contributed by atoms with Gasteiger partial charge in [-0.2, -0.15) is 0 Å². The molecular weight excluding hydrogens is 319 g/mol. The highest BCUT2D eigenvalue weighted by molar-refractivity contribution is 5.83. The zero-order valence-electron chi connectivity index (χ0n) is 13.9. The third-order valence-electron chi connectivity index (χ3n) is 5.23. The third-order valence-corrected chi connectivity index (χ3v) is 5.23. The molecule has 0 aromatic heterocycles. The number of carbonyl (C=O) groups excluding carboxylic acids is 1. The molecule has 1 aliphatic carbocycles. The number of phenolic OH excluding ortho intramolecular Hbond substituents is 1. The number of nitrogens with zero attached hydrogens (tertiary/aromatic N) is 2. The summed E-state index contributed by atoms with van der Waals surface area (Å²) in [7, 11) is 0. The number of anilines is 1. The molecule has 25 heavy (non-hydrogen) atoms. The predicted molar refractivity (Wildman–Crippen MR) is 94.1 cm³/mol. The molecule has 1 amide bonds. The molecule has 2 aliphatic rings. The number of halogens is 1. The molecule has 1 saturated heterocycles. The minimum Gasteiger partial charge on any atom is -0.506 e. The molecule has 2 fully saturated rings. The molecule has 2 aromatic carbocycles. The van der Waals surface area contributed by atoms with Crippen LogP contribution in [0.3, 0.4) is 0 Å². The van der Waals surface area contributed by atoms with Crippen LogP contribution in [0.25, 0.3) is 0 Å². The van der Waals surface area contributed by atoms with E-state index in [0.29, 0.717) is 31.7 Å². The molecule has 1 aliphatic heterocycles. The standard InChI is InChI=1S/C20H21FN2O2/c21-17-6-2-1-5-14(17)15-13-16(15)20(25)23-11-9-22(10-12-23)18-7-3-4-8-19(18)24/h1-8,15-16,24H,9-13H2. The largest absolute Gasteiger partial charge is 0.506 e. The van der Waals surface area contributed by atoms with Gasteiger partial charge in [0.2, 0.25) is 5.91 Å². The van der Waals surface area contributed by atoms with Gasteiger partial charge in [-0.25, -0.2) is 4.39 Å². The van der Waals surface area contributed by atoms with Crippen LogP contribution < -0.4 is 4.90 Å². The first-order valence-corrected chi connectivity index (χ1v) is 8.71. The average Bonchev–Trinajstić information content (AvgIpc) is 3.43. The molecule has 4 rings (SSSR count). The van der Waals surface area contributed by atoms with Gasteiger partial charge in [-0.3, -0.25) is 4.79 Å². The van der Waals surface area contributed by atoms with Gasteiger partial charge in [-0.15, -0.1) is 0 Å². The number of rotatable bonds is 3. The maximum atomic E-state index is 13.9. The molecule has 2 aromatic rings.